The number of nitrogens with zero attached hydrogens (tertiary/aromatic N) is 1. The van der Waals surface area contributed by atoms with E-state index in [-0.39, 0.29) is 17.2 Å². The van der Waals surface area contributed by atoms with E-state index in [9.17, 15) is 9.59 Å². The van der Waals surface area contributed by atoms with Gasteiger partial charge in [0, 0.05) is 19.4 Å². The molecule has 0 radical (unpaired) electrons. The number of carbonyl (C=O) groups is 2. The lowest BCUT2D eigenvalue weighted by atomic mass is 10.1. The van der Waals surface area contributed by atoms with Gasteiger partial charge in [0.15, 0.2) is 0 Å². The summed E-state index contributed by atoms with van der Waals surface area (Å²) < 4.78 is 4.98. The Bertz CT molecular complexity index is 706. The van der Waals surface area contributed by atoms with Crippen LogP contribution in [0.1, 0.15) is 20.6 Å². The minimum atomic E-state index is -0.485. The molecule has 0 spiro atoms. The number of hydrogen-bond donors (Lipinski definition) is 1. The minimum absolute atomic E-state index is 0.0965. The predicted octanol–water partition coefficient (Wildman–Crippen LogP) is 2.77. The number of rotatable bonds is 6. The fraction of sp³-hybridized carbons (Fsp3) is 0.333. The van der Waals surface area contributed by atoms with Gasteiger partial charge in [0.1, 0.15) is 11.4 Å². The maximum absolute atomic E-state index is 13.1. The van der Waals surface area contributed by atoms with Crippen LogP contribution < -0.4 is 5.32 Å². The van der Waals surface area contributed by atoms with Gasteiger partial charge in [0.25, 0.3) is 5.91 Å². The molecule has 2 aromatic rings. The highest BCUT2D eigenvalue weighted by Gasteiger charge is 2.42. The van der Waals surface area contributed by atoms with Gasteiger partial charge in [-0.25, -0.2) is 0 Å². The van der Waals surface area contributed by atoms with Gasteiger partial charge in [-0.1, -0.05) is 36.4 Å². The van der Waals surface area contributed by atoms with Gasteiger partial charge < -0.3 is 15.0 Å². The van der Waals surface area contributed by atoms with E-state index in [2.05, 4.69) is 5.32 Å². The molecule has 3 rings (SSSR count). The fourth-order valence-electron chi connectivity index (χ4n) is 2.75. The first-order valence-electron chi connectivity index (χ1n) is 8.01. The number of nitrogens with one attached hydrogen (secondary N) is 1. The van der Waals surface area contributed by atoms with E-state index in [4.69, 9.17) is 4.74 Å². The highest BCUT2D eigenvalue weighted by Crippen LogP contribution is 2.42. The zero-order valence-electron chi connectivity index (χ0n) is 13.9. The molecule has 2 amide bonds. The van der Waals surface area contributed by atoms with Crippen molar-refractivity contribution in [2.75, 3.05) is 26.0 Å². The SMILES string of the molecule is COCCNC(=O)C1CSC(c2ccccc2)N1C(=O)c1cccs1. The minimum Gasteiger partial charge on any atom is -0.383 e. The second-order valence-electron chi connectivity index (χ2n) is 5.59. The molecular formula is C18H20N2O3S2. The molecule has 1 aromatic carbocycles. The highest BCUT2D eigenvalue weighted by molar-refractivity contribution is 7.99. The summed E-state index contributed by atoms with van der Waals surface area (Å²) in [5.74, 6) is 0.351. The first-order valence-corrected chi connectivity index (χ1v) is 9.94. The van der Waals surface area contributed by atoms with Crippen LogP contribution in [0.4, 0.5) is 0 Å². The van der Waals surface area contributed by atoms with Crippen molar-refractivity contribution >= 4 is 34.9 Å². The molecule has 0 bridgehead atoms. The Balaban J connectivity index is 1.85. The third kappa shape index (κ3) is 4.05. The number of hydrogen-bond acceptors (Lipinski definition) is 5. The van der Waals surface area contributed by atoms with Crippen LogP contribution in [-0.4, -0.2) is 48.8 Å². The number of thiophene rings is 1. The van der Waals surface area contributed by atoms with Crippen molar-refractivity contribution in [3.8, 4) is 0 Å². The van der Waals surface area contributed by atoms with Crippen molar-refractivity contribution < 1.29 is 14.3 Å². The van der Waals surface area contributed by atoms with Crippen LogP contribution in [0.3, 0.4) is 0 Å². The fourth-order valence-corrected chi connectivity index (χ4v) is 4.85. The lowest BCUT2D eigenvalue weighted by Gasteiger charge is -2.28. The molecule has 7 heteroatoms. The van der Waals surface area contributed by atoms with Crippen LogP contribution in [-0.2, 0) is 9.53 Å². The number of thioether (sulfide) groups is 1. The number of amides is 2. The second-order valence-corrected chi connectivity index (χ2v) is 7.65. The Morgan fingerprint density at radius 2 is 2.04 bits per heavy atom. The molecule has 5 nitrogen and oxygen atoms in total. The van der Waals surface area contributed by atoms with E-state index < -0.39 is 6.04 Å². The van der Waals surface area contributed by atoms with E-state index in [1.807, 2.05) is 41.8 Å². The smallest absolute Gasteiger partial charge is 0.265 e. The zero-order chi connectivity index (χ0) is 17.6. The van der Waals surface area contributed by atoms with E-state index in [1.54, 1.807) is 29.8 Å². The quantitative estimate of drug-likeness (QED) is 0.788. The van der Waals surface area contributed by atoms with Gasteiger partial charge in [0.05, 0.1) is 11.5 Å². The third-order valence-electron chi connectivity index (χ3n) is 3.96. The summed E-state index contributed by atoms with van der Waals surface area (Å²) in [7, 11) is 1.59. The molecular weight excluding hydrogens is 356 g/mol. The van der Waals surface area contributed by atoms with Crippen molar-refractivity contribution in [3.05, 3.63) is 58.3 Å². The Hall–Kier alpha value is -1.83. The summed E-state index contributed by atoms with van der Waals surface area (Å²) in [6.07, 6.45) is 0. The van der Waals surface area contributed by atoms with Crippen molar-refractivity contribution in [3.63, 3.8) is 0 Å². The summed E-state index contributed by atoms with van der Waals surface area (Å²) in [5, 5.41) is 4.58. The van der Waals surface area contributed by atoms with Crippen LogP contribution in [0, 0.1) is 0 Å². The summed E-state index contributed by atoms with van der Waals surface area (Å²) in [6.45, 7) is 0.889. The monoisotopic (exact) mass is 376 g/mol. The summed E-state index contributed by atoms with van der Waals surface area (Å²) in [4.78, 5) is 28.0. The highest BCUT2D eigenvalue weighted by atomic mass is 32.2. The van der Waals surface area contributed by atoms with Gasteiger partial charge in [0.2, 0.25) is 5.91 Å². The molecule has 25 heavy (non-hydrogen) atoms. The third-order valence-corrected chi connectivity index (χ3v) is 6.14. The lowest BCUT2D eigenvalue weighted by Crippen LogP contribution is -2.48. The molecule has 1 saturated heterocycles. The van der Waals surface area contributed by atoms with E-state index in [1.165, 1.54) is 11.3 Å². The topological polar surface area (TPSA) is 58.6 Å². The molecule has 0 saturated carbocycles. The summed E-state index contributed by atoms with van der Waals surface area (Å²) in [5.41, 5.74) is 1.03. The Kier molecular flexibility index (Phi) is 6.12. The van der Waals surface area contributed by atoms with E-state index in [0.29, 0.717) is 23.8 Å². The zero-order valence-corrected chi connectivity index (χ0v) is 15.5. The van der Waals surface area contributed by atoms with Crippen LogP contribution in [0.25, 0.3) is 0 Å². The van der Waals surface area contributed by atoms with Crippen molar-refractivity contribution in [2.45, 2.75) is 11.4 Å². The molecule has 1 aliphatic heterocycles. The van der Waals surface area contributed by atoms with E-state index in [0.717, 1.165) is 5.56 Å². The summed E-state index contributed by atoms with van der Waals surface area (Å²) >= 11 is 3.02. The van der Waals surface area contributed by atoms with Crippen molar-refractivity contribution in [2.24, 2.45) is 0 Å². The van der Waals surface area contributed by atoms with Crippen LogP contribution in [0.15, 0.2) is 47.8 Å². The molecule has 2 atom stereocenters. The van der Waals surface area contributed by atoms with Gasteiger partial charge in [-0.2, -0.15) is 0 Å². The predicted molar refractivity (Wildman–Crippen MR) is 101 cm³/mol. The Morgan fingerprint density at radius 3 is 2.72 bits per heavy atom. The molecule has 2 heterocycles. The first kappa shape index (κ1) is 18.0. The molecule has 1 aromatic heterocycles. The van der Waals surface area contributed by atoms with Crippen LogP contribution in [0.2, 0.25) is 0 Å². The number of benzene rings is 1. The van der Waals surface area contributed by atoms with E-state index >= 15 is 0 Å². The second kappa shape index (κ2) is 8.51. The van der Waals surface area contributed by atoms with Gasteiger partial charge in [-0.15, -0.1) is 23.1 Å². The Labute approximate surface area is 155 Å². The molecule has 2 unspecified atom stereocenters. The molecule has 1 aliphatic rings. The van der Waals surface area contributed by atoms with Gasteiger partial charge in [-0.3, -0.25) is 9.59 Å². The summed E-state index contributed by atoms with van der Waals surface area (Å²) in [6, 6.07) is 13.0. The van der Waals surface area contributed by atoms with Crippen LogP contribution in [0.5, 0.6) is 0 Å². The van der Waals surface area contributed by atoms with Crippen LogP contribution >= 0.6 is 23.1 Å². The maximum atomic E-state index is 13.1. The van der Waals surface area contributed by atoms with Crippen molar-refractivity contribution in [1.82, 2.24) is 10.2 Å². The standard InChI is InChI=1S/C18H20N2O3S2/c1-23-10-9-19-16(21)14-12-25-18(13-6-3-2-4-7-13)20(14)17(22)15-8-5-11-24-15/h2-8,11,14,18H,9-10,12H2,1H3,(H,19,21). The normalized spacial score (nSPS) is 19.8. The largest absolute Gasteiger partial charge is 0.383 e. The molecule has 0 aliphatic carbocycles. The molecule has 132 valence electrons. The van der Waals surface area contributed by atoms with Gasteiger partial charge >= 0.3 is 0 Å². The van der Waals surface area contributed by atoms with Gasteiger partial charge in [-0.05, 0) is 17.0 Å². The lowest BCUT2D eigenvalue weighted by molar-refractivity contribution is -0.125. The first-order chi connectivity index (χ1) is 12.2. The van der Waals surface area contributed by atoms with Crippen molar-refractivity contribution in [1.29, 1.82) is 0 Å². The number of methoxy groups -OCH3 is 1. The maximum Gasteiger partial charge on any atom is 0.265 e. The average Bonchev–Trinajstić information content (AvgIpc) is 3.32. The average molecular weight is 377 g/mol. The number of ether oxygens (including phenoxy) is 1. The molecule has 1 N–H and O–H groups in total. The molecule has 1 fully saturated rings. The number of carbonyl (C=O) groups excluding carboxylic acids is 2. The Morgan fingerprint density at radius 1 is 1.24 bits per heavy atom.